The van der Waals surface area contributed by atoms with Crippen LogP contribution in [-0.4, -0.2) is 35.4 Å². The van der Waals surface area contributed by atoms with Crippen LogP contribution in [0.5, 0.6) is 0 Å². The first-order valence-electron chi connectivity index (χ1n) is 10.7. The van der Waals surface area contributed by atoms with Crippen molar-refractivity contribution in [3.8, 4) is 0 Å². The smallest absolute Gasteiger partial charge is 0.360 e. The molecule has 0 spiro atoms. The van der Waals surface area contributed by atoms with Crippen LogP contribution in [0, 0.1) is 29.1 Å². The summed E-state index contributed by atoms with van der Waals surface area (Å²) >= 11 is 0. The van der Waals surface area contributed by atoms with E-state index in [1.54, 1.807) is 0 Å². The summed E-state index contributed by atoms with van der Waals surface area (Å²) in [7, 11) is 1.32. The molecule has 1 aromatic heterocycles. The van der Waals surface area contributed by atoms with Crippen molar-refractivity contribution in [1.29, 1.82) is 0 Å². The SMILES string of the molecule is COC(=O)c1coc(CN(CCC(C)C)C(=O)C23CC4CC(CC(C4)C2)C3)n1. The Morgan fingerprint density at radius 2 is 1.82 bits per heavy atom. The number of rotatable bonds is 7. The zero-order chi connectivity index (χ0) is 19.9. The zero-order valence-corrected chi connectivity index (χ0v) is 17.3. The molecule has 4 saturated carbocycles. The van der Waals surface area contributed by atoms with E-state index in [1.165, 1.54) is 32.6 Å². The number of oxazole rings is 1. The predicted molar refractivity (Wildman–Crippen MR) is 103 cm³/mol. The van der Waals surface area contributed by atoms with Gasteiger partial charge in [0.25, 0.3) is 0 Å². The van der Waals surface area contributed by atoms with Gasteiger partial charge >= 0.3 is 5.97 Å². The maximum atomic E-state index is 13.8. The Morgan fingerprint density at radius 3 is 2.36 bits per heavy atom. The van der Waals surface area contributed by atoms with Crippen LogP contribution in [0.1, 0.15) is 75.2 Å². The lowest BCUT2D eigenvalue weighted by Crippen LogP contribution is -2.54. The van der Waals surface area contributed by atoms with Crippen molar-refractivity contribution < 1.29 is 18.7 Å². The van der Waals surface area contributed by atoms with Crippen LogP contribution in [0.2, 0.25) is 0 Å². The minimum Gasteiger partial charge on any atom is -0.464 e. The molecule has 0 unspecified atom stereocenters. The molecule has 6 nitrogen and oxygen atoms in total. The first kappa shape index (κ1) is 19.5. The van der Waals surface area contributed by atoms with E-state index in [4.69, 9.17) is 9.15 Å². The van der Waals surface area contributed by atoms with Gasteiger partial charge in [0.05, 0.1) is 19.1 Å². The molecule has 0 aliphatic heterocycles. The molecule has 0 aromatic carbocycles. The van der Waals surface area contributed by atoms with Gasteiger partial charge in [0.1, 0.15) is 6.26 Å². The Morgan fingerprint density at radius 1 is 1.21 bits per heavy atom. The average molecular weight is 389 g/mol. The average Bonchev–Trinajstić information content (AvgIpc) is 3.11. The minimum atomic E-state index is -0.517. The fraction of sp³-hybridized carbons (Fsp3) is 0.773. The number of carbonyl (C=O) groups is 2. The van der Waals surface area contributed by atoms with Crippen LogP contribution in [0.25, 0.3) is 0 Å². The second-order valence-corrected chi connectivity index (χ2v) is 9.73. The van der Waals surface area contributed by atoms with Crippen LogP contribution in [0.3, 0.4) is 0 Å². The number of hydrogen-bond acceptors (Lipinski definition) is 5. The Bertz CT molecular complexity index is 703. The van der Waals surface area contributed by atoms with E-state index in [0.29, 0.717) is 24.9 Å². The quantitative estimate of drug-likeness (QED) is 0.659. The van der Waals surface area contributed by atoms with Crippen molar-refractivity contribution in [3.63, 3.8) is 0 Å². The van der Waals surface area contributed by atoms with Crippen LogP contribution in [0.15, 0.2) is 10.7 Å². The topological polar surface area (TPSA) is 72.6 Å². The first-order valence-corrected chi connectivity index (χ1v) is 10.7. The van der Waals surface area contributed by atoms with Gasteiger partial charge in [-0.1, -0.05) is 13.8 Å². The van der Waals surface area contributed by atoms with E-state index < -0.39 is 5.97 Å². The molecule has 4 aliphatic rings. The molecule has 0 N–H and O–H groups in total. The van der Waals surface area contributed by atoms with E-state index in [9.17, 15) is 9.59 Å². The van der Waals surface area contributed by atoms with Crippen molar-refractivity contribution in [2.24, 2.45) is 29.1 Å². The van der Waals surface area contributed by atoms with Gasteiger partial charge in [-0.3, -0.25) is 4.79 Å². The summed E-state index contributed by atoms with van der Waals surface area (Å²) in [6, 6.07) is 0. The monoisotopic (exact) mass is 388 g/mol. The number of ether oxygens (including phenoxy) is 1. The maximum absolute atomic E-state index is 13.8. The molecule has 0 saturated heterocycles. The Balaban J connectivity index is 1.53. The summed E-state index contributed by atoms with van der Waals surface area (Å²) in [5, 5.41) is 0. The largest absolute Gasteiger partial charge is 0.464 e. The van der Waals surface area contributed by atoms with Gasteiger partial charge in [-0.15, -0.1) is 0 Å². The van der Waals surface area contributed by atoms with E-state index in [1.807, 2.05) is 4.90 Å². The Kier molecular flexibility index (Phi) is 5.23. The van der Waals surface area contributed by atoms with E-state index in [0.717, 1.165) is 43.4 Å². The third-order valence-electron chi connectivity index (χ3n) is 7.03. The van der Waals surface area contributed by atoms with Gasteiger partial charge in [-0.2, -0.15) is 0 Å². The Hall–Kier alpha value is -1.85. The van der Waals surface area contributed by atoms with Crippen LogP contribution >= 0.6 is 0 Å². The highest BCUT2D eigenvalue weighted by Crippen LogP contribution is 2.60. The van der Waals surface area contributed by atoms with Gasteiger partial charge in [0.2, 0.25) is 11.8 Å². The molecule has 1 heterocycles. The van der Waals surface area contributed by atoms with E-state index in [-0.39, 0.29) is 17.0 Å². The number of nitrogens with zero attached hydrogens (tertiary/aromatic N) is 2. The molecular formula is C22H32N2O4. The lowest BCUT2D eigenvalue weighted by atomic mass is 9.49. The summed E-state index contributed by atoms with van der Waals surface area (Å²) in [6.07, 6.45) is 9.38. The molecule has 28 heavy (non-hydrogen) atoms. The molecule has 5 rings (SSSR count). The lowest BCUT2D eigenvalue weighted by Gasteiger charge is -2.56. The van der Waals surface area contributed by atoms with Gasteiger partial charge in [-0.25, -0.2) is 9.78 Å². The van der Waals surface area contributed by atoms with Crippen LogP contribution in [-0.2, 0) is 16.1 Å². The van der Waals surface area contributed by atoms with Crippen LogP contribution < -0.4 is 0 Å². The highest BCUT2D eigenvalue weighted by molar-refractivity contribution is 5.86. The van der Waals surface area contributed by atoms with Crippen LogP contribution in [0.4, 0.5) is 0 Å². The minimum absolute atomic E-state index is 0.156. The van der Waals surface area contributed by atoms with Crippen molar-refractivity contribution in [2.45, 2.75) is 65.3 Å². The molecule has 1 amide bonds. The highest BCUT2D eigenvalue weighted by atomic mass is 16.5. The number of hydrogen-bond donors (Lipinski definition) is 0. The summed E-state index contributed by atoms with van der Waals surface area (Å²) in [4.78, 5) is 31.6. The molecule has 6 heteroatoms. The molecule has 154 valence electrons. The number of carbonyl (C=O) groups excluding carboxylic acids is 2. The Labute approximate surface area is 167 Å². The number of amides is 1. The van der Waals surface area contributed by atoms with Gasteiger partial charge in [-0.05, 0) is 68.6 Å². The summed E-state index contributed by atoms with van der Waals surface area (Å²) in [5.74, 6) is 2.88. The number of aromatic nitrogens is 1. The van der Waals surface area contributed by atoms with Gasteiger partial charge < -0.3 is 14.1 Å². The third-order valence-corrected chi connectivity index (χ3v) is 7.03. The molecule has 0 atom stereocenters. The van der Waals surface area contributed by atoms with Gasteiger partial charge in [0.15, 0.2) is 5.69 Å². The highest BCUT2D eigenvalue weighted by Gasteiger charge is 2.55. The summed E-state index contributed by atoms with van der Waals surface area (Å²) in [5.41, 5.74) is -0.0210. The fourth-order valence-electron chi connectivity index (χ4n) is 6.12. The number of methoxy groups -OCH3 is 1. The summed E-state index contributed by atoms with van der Waals surface area (Å²) in [6.45, 7) is 5.38. The molecule has 4 fully saturated rings. The normalized spacial score (nSPS) is 30.6. The van der Waals surface area contributed by atoms with Crippen molar-refractivity contribution >= 4 is 11.9 Å². The third kappa shape index (κ3) is 3.70. The predicted octanol–water partition coefficient (Wildman–Crippen LogP) is 4.05. The molecule has 4 bridgehead atoms. The standard InChI is InChI=1S/C22H32N2O4/c1-14(2)4-5-24(12-19-23-18(13-28-19)20(25)27-3)21(26)22-9-15-6-16(10-22)8-17(7-15)11-22/h13-17H,4-12H2,1-3H3. The molecular weight excluding hydrogens is 356 g/mol. The molecule has 0 radical (unpaired) electrons. The van der Waals surface area contributed by atoms with Crippen molar-refractivity contribution in [3.05, 3.63) is 17.8 Å². The first-order chi connectivity index (χ1) is 13.4. The maximum Gasteiger partial charge on any atom is 0.360 e. The van der Waals surface area contributed by atoms with Gasteiger partial charge in [0, 0.05) is 6.54 Å². The summed E-state index contributed by atoms with van der Waals surface area (Å²) < 4.78 is 10.2. The number of esters is 1. The van der Waals surface area contributed by atoms with Crippen molar-refractivity contribution in [2.75, 3.05) is 13.7 Å². The lowest BCUT2D eigenvalue weighted by molar-refractivity contribution is -0.158. The van der Waals surface area contributed by atoms with Crippen molar-refractivity contribution in [1.82, 2.24) is 9.88 Å². The second kappa shape index (κ2) is 7.53. The fourth-order valence-corrected chi connectivity index (χ4v) is 6.12. The van der Waals surface area contributed by atoms with E-state index >= 15 is 0 Å². The molecule has 4 aliphatic carbocycles. The zero-order valence-electron chi connectivity index (χ0n) is 17.3. The van der Waals surface area contributed by atoms with E-state index in [2.05, 4.69) is 18.8 Å². The molecule has 1 aromatic rings. The second-order valence-electron chi connectivity index (χ2n) is 9.73.